The largest absolute Gasteiger partial charge is 0.356 e. The van der Waals surface area contributed by atoms with E-state index in [1.54, 1.807) is 0 Å². The molecule has 0 aromatic heterocycles. The van der Waals surface area contributed by atoms with Gasteiger partial charge >= 0.3 is 0 Å². The van der Waals surface area contributed by atoms with E-state index in [1.807, 2.05) is 0 Å². The predicted molar refractivity (Wildman–Crippen MR) is 78.8 cm³/mol. The first-order valence-corrected chi connectivity index (χ1v) is 8.77. The summed E-state index contributed by atoms with van der Waals surface area (Å²) in [4.78, 5) is 12.2. The molecule has 0 spiro atoms. The molecular formula is C15H26BrNO. The third-order valence-electron chi connectivity index (χ3n) is 4.78. The second kappa shape index (κ2) is 7.52. The standard InChI is InChI=1S/C15H26BrNO/c16-10-13-8-5-9-14(13)11-17-15(18)12-6-3-1-2-4-7-12/h12-14H,1-11H2,(H,17,18). The Kier molecular flexibility index (Phi) is 6.00. The molecule has 104 valence electrons. The Morgan fingerprint density at radius 2 is 1.61 bits per heavy atom. The summed E-state index contributed by atoms with van der Waals surface area (Å²) in [5, 5.41) is 4.32. The van der Waals surface area contributed by atoms with Crippen molar-refractivity contribution in [2.75, 3.05) is 11.9 Å². The zero-order chi connectivity index (χ0) is 12.8. The maximum Gasteiger partial charge on any atom is 0.223 e. The zero-order valence-corrected chi connectivity index (χ0v) is 12.9. The van der Waals surface area contributed by atoms with Gasteiger partial charge in [-0.2, -0.15) is 0 Å². The van der Waals surface area contributed by atoms with E-state index in [0.29, 0.717) is 17.7 Å². The van der Waals surface area contributed by atoms with Crippen molar-refractivity contribution in [1.82, 2.24) is 5.32 Å². The Balaban J connectivity index is 1.73. The lowest BCUT2D eigenvalue weighted by molar-refractivity contribution is -0.125. The summed E-state index contributed by atoms with van der Waals surface area (Å²) in [6.45, 7) is 0.908. The van der Waals surface area contributed by atoms with Crippen LogP contribution in [0.2, 0.25) is 0 Å². The fourth-order valence-corrected chi connectivity index (χ4v) is 4.36. The van der Waals surface area contributed by atoms with Gasteiger partial charge in [-0.1, -0.05) is 48.0 Å². The second-order valence-electron chi connectivity index (χ2n) is 6.04. The molecule has 0 bridgehead atoms. The number of carbonyl (C=O) groups excluding carboxylic acids is 1. The second-order valence-corrected chi connectivity index (χ2v) is 6.69. The molecule has 2 nitrogen and oxygen atoms in total. The van der Waals surface area contributed by atoms with Crippen LogP contribution in [0, 0.1) is 17.8 Å². The molecule has 1 amide bonds. The average molecular weight is 316 g/mol. The number of amides is 1. The fraction of sp³-hybridized carbons (Fsp3) is 0.933. The molecule has 1 N–H and O–H groups in total. The van der Waals surface area contributed by atoms with Crippen molar-refractivity contribution in [1.29, 1.82) is 0 Å². The first kappa shape index (κ1) is 14.4. The van der Waals surface area contributed by atoms with Crippen LogP contribution in [-0.2, 0) is 4.79 Å². The molecule has 2 rings (SSSR count). The lowest BCUT2D eigenvalue weighted by Gasteiger charge is -2.20. The fourth-order valence-electron chi connectivity index (χ4n) is 3.50. The molecule has 0 heterocycles. The molecule has 0 aliphatic heterocycles. The molecule has 2 aliphatic rings. The summed E-state index contributed by atoms with van der Waals surface area (Å²) < 4.78 is 0. The number of halogens is 1. The van der Waals surface area contributed by atoms with Crippen molar-refractivity contribution < 1.29 is 4.79 Å². The lowest BCUT2D eigenvalue weighted by Crippen LogP contribution is -2.35. The Morgan fingerprint density at radius 1 is 0.944 bits per heavy atom. The van der Waals surface area contributed by atoms with Gasteiger partial charge in [0.2, 0.25) is 5.91 Å². The highest BCUT2D eigenvalue weighted by molar-refractivity contribution is 9.09. The van der Waals surface area contributed by atoms with Crippen molar-refractivity contribution >= 4 is 21.8 Å². The van der Waals surface area contributed by atoms with Crippen molar-refractivity contribution in [3.05, 3.63) is 0 Å². The monoisotopic (exact) mass is 315 g/mol. The highest BCUT2D eigenvalue weighted by Gasteiger charge is 2.27. The van der Waals surface area contributed by atoms with Gasteiger partial charge in [0, 0.05) is 17.8 Å². The molecule has 3 heteroatoms. The average Bonchev–Trinajstić information content (AvgIpc) is 2.67. The topological polar surface area (TPSA) is 29.1 Å². The summed E-state index contributed by atoms with van der Waals surface area (Å²) >= 11 is 3.60. The minimum atomic E-state index is 0.302. The molecule has 0 aromatic carbocycles. The summed E-state index contributed by atoms with van der Waals surface area (Å²) in [5.41, 5.74) is 0. The van der Waals surface area contributed by atoms with Crippen molar-refractivity contribution in [3.8, 4) is 0 Å². The molecule has 2 atom stereocenters. The number of nitrogens with one attached hydrogen (secondary N) is 1. The quantitative estimate of drug-likeness (QED) is 0.619. The highest BCUT2D eigenvalue weighted by Crippen LogP contribution is 2.32. The number of rotatable bonds is 4. The van der Waals surface area contributed by atoms with Crippen molar-refractivity contribution in [3.63, 3.8) is 0 Å². The van der Waals surface area contributed by atoms with Crippen molar-refractivity contribution in [2.24, 2.45) is 17.8 Å². The summed E-state index contributed by atoms with van der Waals surface area (Å²) in [6, 6.07) is 0. The van der Waals surface area contributed by atoms with E-state index in [1.165, 1.54) is 44.9 Å². The smallest absolute Gasteiger partial charge is 0.223 e. The van der Waals surface area contributed by atoms with Gasteiger partial charge in [-0.15, -0.1) is 0 Å². The Labute approximate surface area is 119 Å². The molecule has 18 heavy (non-hydrogen) atoms. The van der Waals surface area contributed by atoms with Gasteiger partial charge in [0.1, 0.15) is 0 Å². The maximum absolute atomic E-state index is 12.2. The van der Waals surface area contributed by atoms with Crippen LogP contribution >= 0.6 is 15.9 Å². The number of alkyl halides is 1. The summed E-state index contributed by atoms with van der Waals surface area (Å²) in [6.07, 6.45) is 11.3. The van der Waals surface area contributed by atoms with E-state index in [-0.39, 0.29) is 0 Å². The van der Waals surface area contributed by atoms with Crippen LogP contribution in [0.3, 0.4) is 0 Å². The van der Waals surface area contributed by atoms with Gasteiger partial charge in [0.15, 0.2) is 0 Å². The molecule has 0 saturated heterocycles. The molecular weight excluding hydrogens is 290 g/mol. The van der Waals surface area contributed by atoms with Crippen LogP contribution in [0.4, 0.5) is 0 Å². The van der Waals surface area contributed by atoms with Crippen molar-refractivity contribution in [2.45, 2.75) is 57.8 Å². The van der Waals surface area contributed by atoms with E-state index in [2.05, 4.69) is 21.2 Å². The van der Waals surface area contributed by atoms with Crippen LogP contribution in [-0.4, -0.2) is 17.8 Å². The van der Waals surface area contributed by atoms with Crippen LogP contribution in [0.15, 0.2) is 0 Å². The molecule has 0 aromatic rings. The van der Waals surface area contributed by atoms with E-state index in [4.69, 9.17) is 0 Å². The zero-order valence-electron chi connectivity index (χ0n) is 11.3. The van der Waals surface area contributed by atoms with Crippen LogP contribution in [0.5, 0.6) is 0 Å². The molecule has 2 unspecified atom stereocenters. The van der Waals surface area contributed by atoms with E-state index < -0.39 is 0 Å². The maximum atomic E-state index is 12.2. The predicted octanol–water partition coefficient (Wildman–Crippen LogP) is 3.88. The third kappa shape index (κ3) is 3.97. The normalized spacial score (nSPS) is 30.1. The first-order chi connectivity index (χ1) is 8.81. The van der Waals surface area contributed by atoms with Gasteiger partial charge in [-0.05, 0) is 37.5 Å². The minimum absolute atomic E-state index is 0.302. The van der Waals surface area contributed by atoms with Gasteiger partial charge in [-0.25, -0.2) is 0 Å². The molecule has 0 radical (unpaired) electrons. The van der Waals surface area contributed by atoms with E-state index >= 15 is 0 Å². The van der Waals surface area contributed by atoms with Gasteiger partial charge in [-0.3, -0.25) is 4.79 Å². The molecule has 2 aliphatic carbocycles. The number of carbonyl (C=O) groups is 1. The van der Waals surface area contributed by atoms with Gasteiger partial charge < -0.3 is 5.32 Å². The number of hydrogen-bond acceptors (Lipinski definition) is 1. The Bertz CT molecular complexity index is 261. The SMILES string of the molecule is O=C(NCC1CCCC1CBr)C1CCCCCC1. The van der Waals surface area contributed by atoms with Gasteiger partial charge in [0.25, 0.3) is 0 Å². The number of hydrogen-bond donors (Lipinski definition) is 1. The molecule has 2 saturated carbocycles. The lowest BCUT2D eigenvalue weighted by atomic mass is 9.96. The van der Waals surface area contributed by atoms with Crippen LogP contribution < -0.4 is 5.32 Å². The summed E-state index contributed by atoms with van der Waals surface area (Å²) in [7, 11) is 0. The van der Waals surface area contributed by atoms with Crippen LogP contribution in [0.1, 0.15) is 57.8 Å². The van der Waals surface area contributed by atoms with E-state index in [9.17, 15) is 4.79 Å². The third-order valence-corrected chi connectivity index (χ3v) is 5.61. The molecule has 2 fully saturated rings. The van der Waals surface area contributed by atoms with Crippen LogP contribution in [0.25, 0.3) is 0 Å². The minimum Gasteiger partial charge on any atom is -0.356 e. The Morgan fingerprint density at radius 3 is 2.28 bits per heavy atom. The van der Waals surface area contributed by atoms with E-state index in [0.717, 1.165) is 30.6 Å². The highest BCUT2D eigenvalue weighted by atomic mass is 79.9. The van der Waals surface area contributed by atoms with Gasteiger partial charge in [0.05, 0.1) is 0 Å². The Hall–Kier alpha value is -0.0500. The first-order valence-electron chi connectivity index (χ1n) is 7.65. The summed E-state index contributed by atoms with van der Waals surface area (Å²) in [5.74, 6) is 2.12.